The lowest BCUT2D eigenvalue weighted by atomic mass is 10.0. The molecule has 0 aliphatic heterocycles. The smallest absolute Gasteiger partial charge is 0.126 e. The molecule has 1 atom stereocenters. The number of rotatable bonds is 4. The number of anilines is 1. The molecule has 3 heteroatoms. The van der Waals surface area contributed by atoms with E-state index in [0.29, 0.717) is 0 Å². The highest BCUT2D eigenvalue weighted by Crippen LogP contribution is 2.23. The van der Waals surface area contributed by atoms with Crippen LogP contribution in [-0.4, -0.2) is 22.2 Å². The molecule has 0 bridgehead atoms. The van der Waals surface area contributed by atoms with Gasteiger partial charge in [-0.2, -0.15) is 0 Å². The molecule has 0 radical (unpaired) electrons. The van der Waals surface area contributed by atoms with E-state index in [4.69, 9.17) is 0 Å². The van der Waals surface area contributed by atoms with Crippen LogP contribution in [0.4, 0.5) is 5.82 Å². The average molecular weight is 220 g/mol. The molecule has 0 spiro atoms. The van der Waals surface area contributed by atoms with E-state index in [0.717, 1.165) is 25.1 Å². The highest BCUT2D eigenvalue weighted by atomic mass is 16.3. The first-order chi connectivity index (χ1) is 7.67. The van der Waals surface area contributed by atoms with Crippen LogP contribution in [0.5, 0.6) is 0 Å². The molecular formula is C13H20N2O. The maximum absolute atomic E-state index is 9.35. The highest BCUT2D eigenvalue weighted by Gasteiger charge is 2.21. The second kappa shape index (κ2) is 4.42. The SMILES string of the molecule is CCC(C)(CO)Nc1ccc2c(n1)CCC2. The Kier molecular flexibility index (Phi) is 3.15. The summed E-state index contributed by atoms with van der Waals surface area (Å²) in [7, 11) is 0. The van der Waals surface area contributed by atoms with Crippen molar-refractivity contribution in [3.8, 4) is 0 Å². The van der Waals surface area contributed by atoms with E-state index >= 15 is 0 Å². The van der Waals surface area contributed by atoms with Crippen molar-refractivity contribution in [1.82, 2.24) is 4.98 Å². The van der Waals surface area contributed by atoms with Gasteiger partial charge in [-0.3, -0.25) is 0 Å². The summed E-state index contributed by atoms with van der Waals surface area (Å²) in [6.45, 7) is 4.21. The fraction of sp³-hybridized carbons (Fsp3) is 0.615. The van der Waals surface area contributed by atoms with Gasteiger partial charge in [-0.15, -0.1) is 0 Å². The summed E-state index contributed by atoms with van der Waals surface area (Å²) < 4.78 is 0. The molecule has 0 amide bonds. The molecule has 1 aromatic heterocycles. The van der Waals surface area contributed by atoms with Gasteiger partial charge in [0, 0.05) is 5.69 Å². The summed E-state index contributed by atoms with van der Waals surface area (Å²) in [5.74, 6) is 0.888. The lowest BCUT2D eigenvalue weighted by molar-refractivity contribution is 0.218. The topological polar surface area (TPSA) is 45.1 Å². The number of nitrogens with zero attached hydrogens (tertiary/aromatic N) is 1. The average Bonchev–Trinajstić information content (AvgIpc) is 2.76. The Morgan fingerprint density at radius 3 is 2.94 bits per heavy atom. The van der Waals surface area contributed by atoms with Crippen LogP contribution in [-0.2, 0) is 12.8 Å². The molecule has 0 aromatic carbocycles. The van der Waals surface area contributed by atoms with E-state index in [-0.39, 0.29) is 12.1 Å². The van der Waals surface area contributed by atoms with E-state index in [1.165, 1.54) is 17.7 Å². The number of aliphatic hydroxyl groups is 1. The molecule has 3 nitrogen and oxygen atoms in total. The summed E-state index contributed by atoms with van der Waals surface area (Å²) in [6, 6.07) is 4.18. The van der Waals surface area contributed by atoms with Crippen molar-refractivity contribution in [2.75, 3.05) is 11.9 Å². The summed E-state index contributed by atoms with van der Waals surface area (Å²) in [5.41, 5.74) is 2.34. The predicted octanol–water partition coefficient (Wildman–Crippen LogP) is 2.14. The van der Waals surface area contributed by atoms with Crippen LogP contribution in [0.1, 0.15) is 37.9 Å². The van der Waals surface area contributed by atoms with Gasteiger partial charge in [0.05, 0.1) is 12.1 Å². The Balaban J connectivity index is 2.16. The number of fused-ring (bicyclic) bond motifs is 1. The summed E-state index contributed by atoms with van der Waals surface area (Å²) >= 11 is 0. The zero-order valence-electron chi connectivity index (χ0n) is 10.1. The van der Waals surface area contributed by atoms with Gasteiger partial charge in [-0.05, 0) is 44.2 Å². The van der Waals surface area contributed by atoms with Gasteiger partial charge in [0.2, 0.25) is 0 Å². The van der Waals surface area contributed by atoms with E-state index in [2.05, 4.69) is 23.3 Å². The normalized spacial score (nSPS) is 17.9. The maximum Gasteiger partial charge on any atom is 0.126 e. The van der Waals surface area contributed by atoms with E-state index in [9.17, 15) is 5.11 Å². The minimum atomic E-state index is -0.264. The summed E-state index contributed by atoms with van der Waals surface area (Å²) in [6.07, 6.45) is 4.35. The first-order valence-corrected chi connectivity index (χ1v) is 6.05. The number of aryl methyl sites for hydroxylation is 2. The molecule has 1 aliphatic carbocycles. The Morgan fingerprint density at radius 2 is 2.25 bits per heavy atom. The van der Waals surface area contributed by atoms with Crippen molar-refractivity contribution < 1.29 is 5.11 Å². The Hall–Kier alpha value is -1.09. The second-order valence-corrected chi connectivity index (χ2v) is 4.85. The van der Waals surface area contributed by atoms with E-state index in [1.807, 2.05) is 13.0 Å². The monoisotopic (exact) mass is 220 g/mol. The predicted molar refractivity (Wildman–Crippen MR) is 65.7 cm³/mol. The van der Waals surface area contributed by atoms with Gasteiger partial charge in [0.25, 0.3) is 0 Å². The van der Waals surface area contributed by atoms with Crippen LogP contribution in [0.2, 0.25) is 0 Å². The second-order valence-electron chi connectivity index (χ2n) is 4.85. The third-order valence-corrected chi connectivity index (χ3v) is 3.49. The van der Waals surface area contributed by atoms with Crippen LogP contribution >= 0.6 is 0 Å². The van der Waals surface area contributed by atoms with Gasteiger partial charge in [-0.25, -0.2) is 4.98 Å². The molecule has 1 unspecified atom stereocenters. The number of hydrogen-bond acceptors (Lipinski definition) is 3. The number of aromatic nitrogens is 1. The number of pyridine rings is 1. The Labute approximate surface area is 96.9 Å². The molecule has 1 heterocycles. The summed E-state index contributed by atoms with van der Waals surface area (Å²) in [4.78, 5) is 4.61. The fourth-order valence-electron chi connectivity index (χ4n) is 2.04. The third-order valence-electron chi connectivity index (χ3n) is 3.49. The Morgan fingerprint density at radius 1 is 1.44 bits per heavy atom. The molecule has 88 valence electrons. The summed E-state index contributed by atoms with van der Waals surface area (Å²) in [5, 5.41) is 12.7. The van der Waals surface area contributed by atoms with Crippen molar-refractivity contribution >= 4 is 5.82 Å². The highest BCUT2D eigenvalue weighted by molar-refractivity contribution is 5.42. The first-order valence-electron chi connectivity index (χ1n) is 6.05. The van der Waals surface area contributed by atoms with Gasteiger partial charge in [0.1, 0.15) is 5.82 Å². The maximum atomic E-state index is 9.35. The van der Waals surface area contributed by atoms with E-state index in [1.54, 1.807) is 0 Å². The molecule has 1 aliphatic rings. The molecule has 2 N–H and O–H groups in total. The van der Waals surface area contributed by atoms with Crippen LogP contribution in [0.25, 0.3) is 0 Å². The van der Waals surface area contributed by atoms with Crippen molar-refractivity contribution in [3.63, 3.8) is 0 Å². The molecule has 16 heavy (non-hydrogen) atoms. The van der Waals surface area contributed by atoms with Crippen LogP contribution in [0.15, 0.2) is 12.1 Å². The molecule has 0 saturated carbocycles. The Bertz CT molecular complexity index is 372. The fourth-order valence-corrected chi connectivity index (χ4v) is 2.04. The zero-order valence-corrected chi connectivity index (χ0v) is 10.1. The molecule has 0 saturated heterocycles. The van der Waals surface area contributed by atoms with E-state index < -0.39 is 0 Å². The van der Waals surface area contributed by atoms with Crippen molar-refractivity contribution in [2.45, 2.75) is 45.1 Å². The van der Waals surface area contributed by atoms with Crippen molar-refractivity contribution in [3.05, 3.63) is 23.4 Å². The molecule has 0 fully saturated rings. The largest absolute Gasteiger partial charge is 0.394 e. The molecule has 1 aromatic rings. The number of aliphatic hydroxyl groups excluding tert-OH is 1. The minimum absolute atomic E-state index is 0.127. The number of nitrogens with one attached hydrogen (secondary N) is 1. The molecular weight excluding hydrogens is 200 g/mol. The van der Waals surface area contributed by atoms with Gasteiger partial charge in [-0.1, -0.05) is 13.0 Å². The van der Waals surface area contributed by atoms with Crippen LogP contribution < -0.4 is 5.32 Å². The third kappa shape index (κ3) is 2.19. The standard InChI is InChI=1S/C13H20N2O/c1-3-13(2,9-16)15-12-8-7-10-5-4-6-11(10)14-12/h7-8,16H,3-6,9H2,1-2H3,(H,14,15). The minimum Gasteiger partial charge on any atom is -0.394 e. The quantitative estimate of drug-likeness (QED) is 0.817. The van der Waals surface area contributed by atoms with Gasteiger partial charge < -0.3 is 10.4 Å². The zero-order chi connectivity index (χ0) is 11.6. The van der Waals surface area contributed by atoms with Crippen molar-refractivity contribution in [2.24, 2.45) is 0 Å². The van der Waals surface area contributed by atoms with Crippen LogP contribution in [0, 0.1) is 0 Å². The molecule has 2 rings (SSSR count). The van der Waals surface area contributed by atoms with Gasteiger partial charge >= 0.3 is 0 Å². The number of hydrogen-bond donors (Lipinski definition) is 2. The lowest BCUT2D eigenvalue weighted by Crippen LogP contribution is -2.38. The van der Waals surface area contributed by atoms with Crippen molar-refractivity contribution in [1.29, 1.82) is 0 Å². The first kappa shape index (κ1) is 11.4. The van der Waals surface area contributed by atoms with Gasteiger partial charge in [0.15, 0.2) is 0 Å². The lowest BCUT2D eigenvalue weighted by Gasteiger charge is -2.28. The van der Waals surface area contributed by atoms with Crippen LogP contribution in [0.3, 0.4) is 0 Å².